The fourth-order valence-corrected chi connectivity index (χ4v) is 4.00. The van der Waals surface area contributed by atoms with Gasteiger partial charge in [-0.25, -0.2) is 4.79 Å². The number of aliphatic hydroxyl groups is 1. The lowest BCUT2D eigenvalue weighted by Crippen LogP contribution is -2.44. The average molecular weight is 376 g/mol. The highest BCUT2D eigenvalue weighted by molar-refractivity contribution is 8.22. The van der Waals surface area contributed by atoms with Crippen LogP contribution in [0.5, 0.6) is 0 Å². The second kappa shape index (κ2) is 7.72. The van der Waals surface area contributed by atoms with Crippen LogP contribution < -0.4 is 0 Å². The molecule has 3 rings (SSSR count). The number of hydrogen-bond donors (Lipinski definition) is 1. The van der Waals surface area contributed by atoms with Gasteiger partial charge in [0, 0.05) is 11.9 Å². The van der Waals surface area contributed by atoms with Gasteiger partial charge in [0.05, 0.1) is 0 Å². The summed E-state index contributed by atoms with van der Waals surface area (Å²) in [6.45, 7) is 0. The van der Waals surface area contributed by atoms with E-state index in [1.165, 1.54) is 16.8 Å². The minimum absolute atomic E-state index is 0.419. The summed E-state index contributed by atoms with van der Waals surface area (Å²) >= 11 is 6.72. The van der Waals surface area contributed by atoms with Crippen molar-refractivity contribution < 1.29 is 14.7 Å². The zero-order chi connectivity index (χ0) is 17.9. The molecule has 0 bridgehead atoms. The third-order valence-electron chi connectivity index (χ3n) is 4.46. The molecule has 0 aliphatic heterocycles. The van der Waals surface area contributed by atoms with Crippen molar-refractivity contribution in [2.24, 2.45) is 0 Å². The first-order valence-corrected chi connectivity index (χ1v) is 9.59. The fraction of sp³-hybridized carbons (Fsp3) is 0.368. The minimum atomic E-state index is -1.38. The van der Waals surface area contributed by atoms with Crippen LogP contribution in [0.1, 0.15) is 32.1 Å². The van der Waals surface area contributed by atoms with Gasteiger partial charge in [-0.1, -0.05) is 48.5 Å². The van der Waals surface area contributed by atoms with Crippen LogP contribution in [0.15, 0.2) is 47.4 Å². The molecule has 1 N–H and O–H groups in total. The van der Waals surface area contributed by atoms with Crippen molar-refractivity contribution >= 4 is 45.0 Å². The number of fused-ring (bicyclic) bond motifs is 1. The van der Waals surface area contributed by atoms with E-state index in [2.05, 4.69) is 12.1 Å². The standard InChI is InChI=1S/C19H21NO3S2/c1-20(23-17(21)19(22)11-5-2-6-12-19)18(24)25-16-10-9-14-7-3-4-8-15(14)13-16/h3-4,7-10,13,22H,2,5-6,11-12H2,1H3. The van der Waals surface area contributed by atoms with Gasteiger partial charge in [-0.3, -0.25) is 0 Å². The summed E-state index contributed by atoms with van der Waals surface area (Å²) in [5.74, 6) is -0.615. The Bertz CT molecular complexity index is 787. The first-order chi connectivity index (χ1) is 12.0. The average Bonchev–Trinajstić information content (AvgIpc) is 2.62. The molecule has 0 unspecified atom stereocenters. The summed E-state index contributed by atoms with van der Waals surface area (Å²) in [6, 6.07) is 14.2. The molecule has 2 aromatic carbocycles. The molecular formula is C19H21NO3S2. The van der Waals surface area contributed by atoms with E-state index < -0.39 is 11.6 Å². The molecule has 1 aliphatic carbocycles. The van der Waals surface area contributed by atoms with Crippen LogP contribution in [0.2, 0.25) is 0 Å². The predicted octanol–water partition coefficient (Wildman–Crippen LogP) is 4.30. The lowest BCUT2D eigenvalue weighted by atomic mass is 9.85. The van der Waals surface area contributed by atoms with Gasteiger partial charge in [-0.05, 0) is 60.8 Å². The molecular weight excluding hydrogens is 354 g/mol. The van der Waals surface area contributed by atoms with E-state index in [-0.39, 0.29) is 0 Å². The summed E-state index contributed by atoms with van der Waals surface area (Å²) in [7, 11) is 1.60. The van der Waals surface area contributed by atoms with Crippen LogP contribution in [0.3, 0.4) is 0 Å². The van der Waals surface area contributed by atoms with Crippen molar-refractivity contribution in [1.82, 2.24) is 5.06 Å². The monoisotopic (exact) mass is 375 g/mol. The van der Waals surface area contributed by atoms with Gasteiger partial charge in [0.2, 0.25) is 0 Å². The number of carbonyl (C=O) groups is 1. The van der Waals surface area contributed by atoms with Crippen molar-refractivity contribution in [1.29, 1.82) is 0 Å². The lowest BCUT2D eigenvalue weighted by molar-refractivity contribution is -0.193. The van der Waals surface area contributed by atoms with Crippen molar-refractivity contribution in [2.45, 2.75) is 42.6 Å². The van der Waals surface area contributed by atoms with E-state index in [0.29, 0.717) is 17.2 Å². The number of hydroxylamine groups is 2. The first-order valence-electron chi connectivity index (χ1n) is 8.37. The molecule has 25 heavy (non-hydrogen) atoms. The molecule has 0 spiro atoms. The van der Waals surface area contributed by atoms with Gasteiger partial charge in [0.25, 0.3) is 0 Å². The summed E-state index contributed by atoms with van der Waals surface area (Å²) in [4.78, 5) is 18.6. The lowest BCUT2D eigenvalue weighted by Gasteiger charge is -2.31. The molecule has 0 radical (unpaired) electrons. The predicted molar refractivity (Wildman–Crippen MR) is 104 cm³/mol. The second-order valence-corrected chi connectivity index (χ2v) is 8.05. The quantitative estimate of drug-likeness (QED) is 0.480. The zero-order valence-corrected chi connectivity index (χ0v) is 15.7. The summed E-state index contributed by atoms with van der Waals surface area (Å²) in [5.41, 5.74) is -1.38. The van der Waals surface area contributed by atoms with Crippen molar-refractivity contribution in [3.63, 3.8) is 0 Å². The zero-order valence-electron chi connectivity index (χ0n) is 14.1. The Hall–Kier alpha value is -1.63. The molecule has 0 amide bonds. The van der Waals surface area contributed by atoms with E-state index >= 15 is 0 Å². The SMILES string of the molecule is CN(OC(=O)C1(O)CCCCC1)C(=S)Sc1ccc2ccccc2c1. The molecule has 1 fully saturated rings. The number of nitrogens with zero attached hydrogens (tertiary/aromatic N) is 1. The van der Waals surface area contributed by atoms with Gasteiger partial charge < -0.3 is 9.94 Å². The maximum atomic E-state index is 12.3. The second-order valence-electron chi connectivity index (χ2n) is 6.35. The highest BCUT2D eigenvalue weighted by Crippen LogP contribution is 2.30. The van der Waals surface area contributed by atoms with Crippen molar-refractivity contribution in [3.05, 3.63) is 42.5 Å². The third-order valence-corrected chi connectivity index (χ3v) is 5.89. The van der Waals surface area contributed by atoms with E-state index in [1.54, 1.807) is 7.05 Å². The molecule has 0 atom stereocenters. The Morgan fingerprint density at radius 1 is 1.16 bits per heavy atom. The molecule has 2 aromatic rings. The number of carbonyl (C=O) groups excluding carboxylic acids is 1. The van der Waals surface area contributed by atoms with Gasteiger partial charge in [0.1, 0.15) is 0 Å². The van der Waals surface area contributed by atoms with E-state index in [0.717, 1.165) is 34.9 Å². The van der Waals surface area contributed by atoms with Gasteiger partial charge >= 0.3 is 5.97 Å². The molecule has 132 valence electrons. The molecule has 1 saturated carbocycles. The Morgan fingerprint density at radius 2 is 1.84 bits per heavy atom. The molecule has 4 nitrogen and oxygen atoms in total. The number of thioether (sulfide) groups is 1. The van der Waals surface area contributed by atoms with Crippen molar-refractivity contribution in [3.8, 4) is 0 Å². The topological polar surface area (TPSA) is 49.8 Å². The molecule has 6 heteroatoms. The van der Waals surface area contributed by atoms with Gasteiger partial charge in [-0.2, -0.15) is 5.06 Å². The highest BCUT2D eigenvalue weighted by atomic mass is 32.2. The van der Waals surface area contributed by atoms with Crippen LogP contribution in [0, 0.1) is 0 Å². The normalized spacial score (nSPS) is 16.4. The fourth-order valence-electron chi connectivity index (χ4n) is 2.98. The van der Waals surface area contributed by atoms with E-state index in [4.69, 9.17) is 17.1 Å². The summed E-state index contributed by atoms with van der Waals surface area (Å²) < 4.78 is 0.419. The van der Waals surface area contributed by atoms with E-state index in [1.807, 2.05) is 30.3 Å². The Labute approximate surface area is 157 Å². The van der Waals surface area contributed by atoms with Gasteiger partial charge in [0.15, 0.2) is 9.92 Å². The van der Waals surface area contributed by atoms with Crippen LogP contribution in [0.4, 0.5) is 0 Å². The number of benzene rings is 2. The Balaban J connectivity index is 1.62. The summed E-state index contributed by atoms with van der Waals surface area (Å²) in [5, 5.41) is 14.0. The first kappa shape index (κ1) is 18.2. The largest absolute Gasteiger partial charge is 0.378 e. The third kappa shape index (κ3) is 4.32. The number of hydrogen-bond acceptors (Lipinski definition) is 5. The van der Waals surface area contributed by atoms with Gasteiger partial charge in [-0.15, -0.1) is 0 Å². The van der Waals surface area contributed by atoms with Crippen LogP contribution in [-0.2, 0) is 9.63 Å². The molecule has 0 saturated heterocycles. The Morgan fingerprint density at radius 3 is 2.56 bits per heavy atom. The van der Waals surface area contributed by atoms with Crippen molar-refractivity contribution in [2.75, 3.05) is 7.05 Å². The maximum Gasteiger partial charge on any atom is 0.363 e. The Kier molecular flexibility index (Phi) is 5.61. The summed E-state index contributed by atoms with van der Waals surface area (Å²) in [6.07, 6.45) is 3.62. The van der Waals surface area contributed by atoms with E-state index in [9.17, 15) is 9.90 Å². The molecule has 1 aliphatic rings. The maximum absolute atomic E-state index is 12.3. The number of rotatable bonds is 2. The van der Waals surface area contributed by atoms with Crippen LogP contribution in [-0.4, -0.2) is 33.1 Å². The minimum Gasteiger partial charge on any atom is -0.378 e. The van der Waals surface area contributed by atoms with Crippen LogP contribution >= 0.6 is 24.0 Å². The molecule has 0 aromatic heterocycles. The molecule has 0 heterocycles. The smallest absolute Gasteiger partial charge is 0.363 e. The highest BCUT2D eigenvalue weighted by Gasteiger charge is 2.40. The van der Waals surface area contributed by atoms with Crippen LogP contribution in [0.25, 0.3) is 10.8 Å². The number of thiocarbonyl (C=S) groups is 1.